The summed E-state index contributed by atoms with van der Waals surface area (Å²) in [5.74, 6) is -1.21. The molecule has 0 heterocycles. The molecule has 0 aromatic heterocycles. The van der Waals surface area contributed by atoms with E-state index in [0.717, 1.165) is 24.8 Å². The first-order valence-corrected chi connectivity index (χ1v) is 14.2. The second-order valence-corrected chi connectivity index (χ2v) is 14.7. The molecule has 36 heavy (non-hydrogen) atoms. The van der Waals surface area contributed by atoms with Crippen molar-refractivity contribution in [3.63, 3.8) is 0 Å². The highest BCUT2D eigenvalue weighted by Crippen LogP contribution is 2.76. The molecule has 0 aromatic carbocycles. The maximum absolute atomic E-state index is 12.8. The number of aliphatic hydroxyl groups is 4. The van der Waals surface area contributed by atoms with Gasteiger partial charge in [0.25, 0.3) is 0 Å². The van der Waals surface area contributed by atoms with Gasteiger partial charge in [0.15, 0.2) is 0 Å². The molecule has 0 spiro atoms. The number of aliphatic carboxylic acids is 1. The largest absolute Gasteiger partial charge is 0.481 e. The van der Waals surface area contributed by atoms with Crippen molar-refractivity contribution in [3.8, 4) is 0 Å². The highest BCUT2D eigenvalue weighted by Gasteiger charge is 2.73. The van der Waals surface area contributed by atoms with Gasteiger partial charge in [-0.1, -0.05) is 46.3 Å². The molecule has 204 valence electrons. The third-order valence-corrected chi connectivity index (χ3v) is 13.5. The van der Waals surface area contributed by atoms with Gasteiger partial charge >= 0.3 is 5.97 Å². The van der Waals surface area contributed by atoms with Gasteiger partial charge in [-0.25, -0.2) is 0 Å². The summed E-state index contributed by atoms with van der Waals surface area (Å²) in [4.78, 5) is 12.8. The Kier molecular flexibility index (Phi) is 5.77. The Bertz CT molecular complexity index is 974. The van der Waals surface area contributed by atoms with Crippen LogP contribution in [0.25, 0.3) is 0 Å². The van der Waals surface area contributed by atoms with E-state index in [-0.39, 0.29) is 40.6 Å². The number of rotatable bonds is 2. The summed E-state index contributed by atoms with van der Waals surface area (Å²) >= 11 is 0. The van der Waals surface area contributed by atoms with Gasteiger partial charge in [0.05, 0.1) is 29.8 Å². The van der Waals surface area contributed by atoms with Gasteiger partial charge in [-0.15, -0.1) is 0 Å². The molecule has 5 aliphatic rings. The lowest BCUT2D eigenvalue weighted by Gasteiger charge is -2.72. The van der Waals surface area contributed by atoms with Gasteiger partial charge in [-0.05, 0) is 86.4 Å². The molecule has 0 radical (unpaired) electrons. The number of carboxylic acids is 1. The first-order valence-electron chi connectivity index (χ1n) is 14.2. The van der Waals surface area contributed by atoms with Crippen molar-refractivity contribution < 1.29 is 30.3 Å². The highest BCUT2D eigenvalue weighted by molar-refractivity contribution is 5.77. The monoisotopic (exact) mass is 504 g/mol. The summed E-state index contributed by atoms with van der Waals surface area (Å²) in [6.45, 7) is 12.5. The minimum absolute atomic E-state index is 0.00712. The lowest BCUT2D eigenvalue weighted by Crippen LogP contribution is -2.70. The number of carboxylic acid groups (broad SMARTS) is 1. The van der Waals surface area contributed by atoms with Gasteiger partial charge in [0.1, 0.15) is 0 Å². The van der Waals surface area contributed by atoms with Gasteiger partial charge in [-0.3, -0.25) is 4.79 Å². The quantitative estimate of drug-likeness (QED) is 0.361. The van der Waals surface area contributed by atoms with Crippen LogP contribution in [0.1, 0.15) is 92.9 Å². The Labute approximate surface area is 216 Å². The zero-order chi connectivity index (χ0) is 26.7. The first-order chi connectivity index (χ1) is 16.6. The van der Waals surface area contributed by atoms with E-state index in [1.165, 1.54) is 0 Å². The molecule has 4 saturated carbocycles. The van der Waals surface area contributed by atoms with Gasteiger partial charge in [0.2, 0.25) is 0 Å². The van der Waals surface area contributed by atoms with Crippen molar-refractivity contribution in [3.05, 3.63) is 11.6 Å². The molecule has 5 rings (SSSR count). The fraction of sp³-hybridized carbons (Fsp3) is 0.900. The van der Waals surface area contributed by atoms with E-state index in [0.29, 0.717) is 32.1 Å². The Morgan fingerprint density at radius 1 is 1.03 bits per heavy atom. The number of hydrogen-bond acceptors (Lipinski definition) is 5. The molecule has 0 saturated heterocycles. The molecule has 12 atom stereocenters. The molecule has 0 bridgehead atoms. The third-order valence-electron chi connectivity index (χ3n) is 13.5. The second kappa shape index (κ2) is 7.80. The fourth-order valence-electron chi connectivity index (χ4n) is 11.0. The number of allylic oxidation sites excluding steroid dienone is 1. The maximum atomic E-state index is 12.8. The molecular formula is C30H48O6. The molecule has 0 amide bonds. The fourth-order valence-corrected chi connectivity index (χ4v) is 11.0. The first kappa shape index (κ1) is 26.6. The van der Waals surface area contributed by atoms with Crippen LogP contribution in [0.3, 0.4) is 0 Å². The van der Waals surface area contributed by atoms with Crippen molar-refractivity contribution in [2.75, 3.05) is 6.61 Å². The summed E-state index contributed by atoms with van der Waals surface area (Å²) in [5, 5.41) is 55.6. The summed E-state index contributed by atoms with van der Waals surface area (Å²) < 4.78 is 0. The SMILES string of the molecule is C[C@@H]1CC[C@]2(C(=O)O)CC[C@]3(C)C(=CC[C@@H]4[C@@]5(C)CC[C@H](O)[C@](C)(CO)[C@@H]5[C@H](O)C[C@]43C)[C@@H]2[C@]1(C)O. The Morgan fingerprint density at radius 2 is 1.69 bits per heavy atom. The van der Waals surface area contributed by atoms with Crippen LogP contribution < -0.4 is 0 Å². The third kappa shape index (κ3) is 2.91. The standard InChI is InChI=1S/C30H48O6/c1-17-9-12-30(24(34)35)14-13-27(4)18(22(30)29(17,6)36)7-8-20-25(2)11-10-21(33)26(3,16-31)23(25)19(32)15-28(20,27)5/h7,17,19-23,31-33,36H,8-16H2,1-6H3,(H,34,35)/t17-,19-,20-,21+,22-,23-,25-,26+,27-,28-,29-,30+/m1/s1. The van der Waals surface area contributed by atoms with E-state index in [4.69, 9.17) is 0 Å². The summed E-state index contributed by atoms with van der Waals surface area (Å²) in [5.41, 5.74) is -2.62. The zero-order valence-electron chi connectivity index (χ0n) is 23.0. The molecule has 6 heteroatoms. The number of fused-ring (bicyclic) bond motifs is 7. The Morgan fingerprint density at radius 3 is 2.31 bits per heavy atom. The predicted octanol–water partition coefficient (Wildman–Crippen LogP) is 4.15. The second-order valence-electron chi connectivity index (χ2n) is 14.7. The molecule has 6 nitrogen and oxygen atoms in total. The number of aliphatic hydroxyl groups excluding tert-OH is 3. The molecule has 0 aliphatic heterocycles. The van der Waals surface area contributed by atoms with Gasteiger partial charge in [-0.2, -0.15) is 0 Å². The van der Waals surface area contributed by atoms with Crippen molar-refractivity contribution in [1.82, 2.24) is 0 Å². The van der Waals surface area contributed by atoms with Crippen molar-refractivity contribution >= 4 is 5.97 Å². The average molecular weight is 505 g/mol. The van der Waals surface area contributed by atoms with E-state index < -0.39 is 40.5 Å². The molecule has 5 aliphatic carbocycles. The number of hydrogen-bond donors (Lipinski definition) is 5. The van der Waals surface area contributed by atoms with Crippen LogP contribution in [0, 0.1) is 50.7 Å². The van der Waals surface area contributed by atoms with Crippen LogP contribution >= 0.6 is 0 Å². The van der Waals surface area contributed by atoms with E-state index in [2.05, 4.69) is 26.8 Å². The zero-order valence-corrected chi connectivity index (χ0v) is 23.0. The highest BCUT2D eigenvalue weighted by atomic mass is 16.4. The van der Waals surface area contributed by atoms with Crippen LogP contribution in [0.4, 0.5) is 0 Å². The van der Waals surface area contributed by atoms with Crippen LogP contribution in [0.5, 0.6) is 0 Å². The van der Waals surface area contributed by atoms with Gasteiger partial charge < -0.3 is 25.5 Å². The summed E-state index contributed by atoms with van der Waals surface area (Å²) in [6, 6.07) is 0. The topological polar surface area (TPSA) is 118 Å². The Balaban J connectivity index is 1.66. The smallest absolute Gasteiger partial charge is 0.310 e. The lowest BCUT2D eigenvalue weighted by atomic mass is 9.32. The van der Waals surface area contributed by atoms with Crippen LogP contribution in [0.15, 0.2) is 11.6 Å². The minimum atomic E-state index is -1.11. The van der Waals surface area contributed by atoms with E-state index in [1.807, 2.05) is 20.8 Å². The van der Waals surface area contributed by atoms with Crippen LogP contribution in [-0.2, 0) is 4.79 Å². The molecule has 0 unspecified atom stereocenters. The molecule has 0 aromatic rings. The summed E-state index contributed by atoms with van der Waals surface area (Å²) in [7, 11) is 0. The normalized spacial score (nSPS) is 58.6. The van der Waals surface area contributed by atoms with E-state index in [9.17, 15) is 30.3 Å². The molecular weight excluding hydrogens is 456 g/mol. The maximum Gasteiger partial charge on any atom is 0.310 e. The predicted molar refractivity (Wildman–Crippen MR) is 137 cm³/mol. The average Bonchev–Trinajstić information content (AvgIpc) is 2.79. The van der Waals surface area contributed by atoms with Crippen LogP contribution in [-0.4, -0.2) is 55.9 Å². The van der Waals surface area contributed by atoms with E-state index >= 15 is 0 Å². The van der Waals surface area contributed by atoms with Crippen molar-refractivity contribution in [1.29, 1.82) is 0 Å². The van der Waals surface area contributed by atoms with E-state index in [1.54, 1.807) is 0 Å². The minimum Gasteiger partial charge on any atom is -0.481 e. The summed E-state index contributed by atoms with van der Waals surface area (Å²) in [6.07, 6.45) is 6.26. The van der Waals surface area contributed by atoms with Gasteiger partial charge in [0, 0.05) is 17.3 Å². The van der Waals surface area contributed by atoms with Crippen LogP contribution in [0.2, 0.25) is 0 Å². The molecule has 4 fully saturated rings. The van der Waals surface area contributed by atoms with Crippen molar-refractivity contribution in [2.24, 2.45) is 50.7 Å². The molecule has 5 N–H and O–H groups in total. The van der Waals surface area contributed by atoms with Crippen molar-refractivity contribution in [2.45, 2.75) is 111 Å². The number of carbonyl (C=O) groups is 1. The lowest BCUT2D eigenvalue weighted by molar-refractivity contribution is -0.255. The Hall–Kier alpha value is -0.950.